The minimum absolute atomic E-state index is 0.132. The lowest BCUT2D eigenvalue weighted by Gasteiger charge is -2.36. The summed E-state index contributed by atoms with van der Waals surface area (Å²) in [6.07, 6.45) is 7.63. The molecule has 3 aromatic rings. The molecule has 36 heavy (non-hydrogen) atoms. The van der Waals surface area contributed by atoms with Gasteiger partial charge in [0.1, 0.15) is 5.56 Å². The summed E-state index contributed by atoms with van der Waals surface area (Å²) >= 11 is 0. The number of nitrogens with zero attached hydrogens (tertiary/aromatic N) is 3. The molecule has 2 aliphatic rings. The number of rotatable bonds is 7. The lowest BCUT2D eigenvalue weighted by atomic mass is 9.96. The molecule has 0 N–H and O–H groups in total. The fourth-order valence-electron chi connectivity index (χ4n) is 5.55. The van der Waals surface area contributed by atoms with Crippen molar-refractivity contribution in [1.29, 1.82) is 0 Å². The van der Waals surface area contributed by atoms with Gasteiger partial charge in [-0.3, -0.25) is 4.79 Å². The average Bonchev–Trinajstić information content (AvgIpc) is 3.70. The van der Waals surface area contributed by atoms with Crippen LogP contribution in [0.25, 0.3) is 16.8 Å². The average molecular weight is 486 g/mol. The van der Waals surface area contributed by atoms with Crippen molar-refractivity contribution in [2.75, 3.05) is 13.7 Å². The first-order chi connectivity index (χ1) is 17.5. The Bertz CT molecular complexity index is 1270. The summed E-state index contributed by atoms with van der Waals surface area (Å²) < 4.78 is 6.96. The molecule has 6 nitrogen and oxygen atoms in total. The lowest BCUT2D eigenvalue weighted by molar-refractivity contribution is 0.0591. The summed E-state index contributed by atoms with van der Waals surface area (Å²) in [5.74, 6) is 0.125. The molecule has 0 unspecified atom stereocenters. The first kappa shape index (κ1) is 24.3. The van der Waals surface area contributed by atoms with Crippen molar-refractivity contribution in [3.63, 3.8) is 0 Å². The Balaban J connectivity index is 1.48. The number of carbonyl (C=O) groups is 2. The minimum Gasteiger partial charge on any atom is -0.465 e. The van der Waals surface area contributed by atoms with Crippen LogP contribution >= 0.6 is 0 Å². The monoisotopic (exact) mass is 485 g/mol. The van der Waals surface area contributed by atoms with E-state index in [1.807, 2.05) is 48.0 Å². The molecule has 1 saturated heterocycles. The first-order valence-electron chi connectivity index (χ1n) is 13.2. The number of benzene rings is 2. The van der Waals surface area contributed by atoms with Crippen LogP contribution in [-0.4, -0.2) is 46.3 Å². The number of methoxy groups -OCH3 is 1. The molecular formula is C30H35N3O3. The minimum atomic E-state index is -0.331. The molecule has 1 saturated carbocycles. The Kier molecular flexibility index (Phi) is 6.95. The van der Waals surface area contributed by atoms with Gasteiger partial charge in [0.15, 0.2) is 0 Å². The van der Waals surface area contributed by atoms with Crippen LogP contribution in [0.1, 0.15) is 89.9 Å². The van der Waals surface area contributed by atoms with E-state index < -0.39 is 0 Å². The summed E-state index contributed by atoms with van der Waals surface area (Å²) in [6.45, 7) is 4.89. The van der Waals surface area contributed by atoms with Gasteiger partial charge in [0.2, 0.25) is 0 Å². The molecule has 0 radical (unpaired) electrons. The van der Waals surface area contributed by atoms with Crippen LogP contribution in [0.15, 0.2) is 48.5 Å². The Morgan fingerprint density at radius 1 is 1.03 bits per heavy atom. The molecule has 5 rings (SSSR count). The number of carbonyl (C=O) groups excluding carboxylic acids is 2. The highest BCUT2D eigenvalue weighted by atomic mass is 16.5. The third kappa shape index (κ3) is 4.69. The van der Waals surface area contributed by atoms with E-state index in [9.17, 15) is 9.59 Å². The van der Waals surface area contributed by atoms with Gasteiger partial charge in [-0.1, -0.05) is 37.6 Å². The van der Waals surface area contributed by atoms with Gasteiger partial charge in [-0.15, -0.1) is 0 Å². The van der Waals surface area contributed by atoms with Crippen molar-refractivity contribution in [2.24, 2.45) is 0 Å². The Morgan fingerprint density at radius 3 is 2.50 bits per heavy atom. The number of esters is 1. The topological polar surface area (TPSA) is 64.4 Å². The molecule has 0 bridgehead atoms. The fraction of sp³-hybridized carbons (Fsp3) is 0.433. The van der Waals surface area contributed by atoms with Gasteiger partial charge in [-0.05, 0) is 80.8 Å². The predicted molar refractivity (Wildman–Crippen MR) is 141 cm³/mol. The number of hydrogen-bond donors (Lipinski definition) is 0. The van der Waals surface area contributed by atoms with Crippen LogP contribution < -0.4 is 0 Å². The molecule has 1 atom stereocenters. The Morgan fingerprint density at radius 2 is 1.78 bits per heavy atom. The molecule has 1 aliphatic heterocycles. The smallest absolute Gasteiger partial charge is 0.341 e. The second-order valence-electron chi connectivity index (χ2n) is 10.1. The zero-order valence-electron chi connectivity index (χ0n) is 21.5. The van der Waals surface area contributed by atoms with Gasteiger partial charge >= 0.3 is 5.97 Å². The van der Waals surface area contributed by atoms with Crippen molar-refractivity contribution < 1.29 is 14.3 Å². The molecule has 1 amide bonds. The SMILES string of the molecule is CCC[C@@H]1CCCCN1C(=O)c1cccc(-c2cccc(-n3nc(C)c(C(=O)OC)c3C3CC3)c2)c1. The number of piperidine rings is 1. The second kappa shape index (κ2) is 10.3. The molecule has 2 aromatic carbocycles. The van der Waals surface area contributed by atoms with Crippen LogP contribution in [0, 0.1) is 6.92 Å². The number of aryl methyl sites for hydroxylation is 1. The van der Waals surface area contributed by atoms with E-state index in [2.05, 4.69) is 24.0 Å². The Labute approximate surface area is 213 Å². The highest BCUT2D eigenvalue weighted by Gasteiger charge is 2.35. The van der Waals surface area contributed by atoms with Crippen molar-refractivity contribution in [3.05, 3.63) is 71.0 Å². The van der Waals surface area contributed by atoms with E-state index in [1.165, 1.54) is 13.5 Å². The summed E-state index contributed by atoms with van der Waals surface area (Å²) in [5, 5.41) is 4.73. The van der Waals surface area contributed by atoms with Crippen molar-refractivity contribution in [1.82, 2.24) is 14.7 Å². The zero-order valence-corrected chi connectivity index (χ0v) is 21.5. The fourth-order valence-corrected chi connectivity index (χ4v) is 5.55. The molecule has 2 heterocycles. The molecule has 188 valence electrons. The van der Waals surface area contributed by atoms with Crippen LogP contribution in [0.3, 0.4) is 0 Å². The number of ether oxygens (including phenoxy) is 1. The summed E-state index contributed by atoms with van der Waals surface area (Å²) in [5.41, 5.74) is 5.86. The highest BCUT2D eigenvalue weighted by molar-refractivity contribution is 5.96. The highest BCUT2D eigenvalue weighted by Crippen LogP contribution is 2.43. The number of amides is 1. The maximum Gasteiger partial charge on any atom is 0.341 e. The number of hydrogen-bond acceptors (Lipinski definition) is 4. The van der Waals surface area contributed by atoms with Crippen molar-refractivity contribution >= 4 is 11.9 Å². The molecule has 2 fully saturated rings. The van der Waals surface area contributed by atoms with E-state index >= 15 is 0 Å². The van der Waals surface area contributed by atoms with Crippen molar-refractivity contribution in [2.45, 2.75) is 70.8 Å². The second-order valence-corrected chi connectivity index (χ2v) is 10.1. The number of likely N-dealkylation sites (tertiary alicyclic amines) is 1. The first-order valence-corrected chi connectivity index (χ1v) is 13.2. The van der Waals surface area contributed by atoms with E-state index in [1.54, 1.807) is 0 Å². The molecule has 6 heteroatoms. The van der Waals surface area contributed by atoms with Crippen LogP contribution in [0.5, 0.6) is 0 Å². The molecule has 1 aromatic heterocycles. The summed E-state index contributed by atoms with van der Waals surface area (Å²) in [7, 11) is 1.42. The van der Waals surface area contributed by atoms with Gasteiger partial charge in [-0.25, -0.2) is 9.48 Å². The van der Waals surface area contributed by atoms with E-state index in [0.717, 1.165) is 73.1 Å². The maximum atomic E-state index is 13.5. The molecule has 1 aliphatic carbocycles. The summed E-state index contributed by atoms with van der Waals surface area (Å²) in [6, 6.07) is 16.5. The Hall–Kier alpha value is -3.41. The van der Waals surface area contributed by atoms with E-state index in [-0.39, 0.29) is 11.9 Å². The van der Waals surface area contributed by atoms with E-state index in [4.69, 9.17) is 9.84 Å². The molecular weight excluding hydrogens is 450 g/mol. The third-order valence-electron chi connectivity index (χ3n) is 7.49. The van der Waals surface area contributed by atoms with Gasteiger partial charge in [0, 0.05) is 24.1 Å². The quantitative estimate of drug-likeness (QED) is 0.368. The summed E-state index contributed by atoms with van der Waals surface area (Å²) in [4.78, 5) is 28.1. The van der Waals surface area contributed by atoms with E-state index in [0.29, 0.717) is 23.2 Å². The van der Waals surface area contributed by atoms with Gasteiger partial charge in [0.05, 0.1) is 24.2 Å². The maximum absolute atomic E-state index is 13.5. The van der Waals surface area contributed by atoms with Crippen LogP contribution in [-0.2, 0) is 4.74 Å². The largest absolute Gasteiger partial charge is 0.465 e. The molecule has 0 spiro atoms. The van der Waals surface area contributed by atoms with Crippen LogP contribution in [0.2, 0.25) is 0 Å². The van der Waals surface area contributed by atoms with Crippen molar-refractivity contribution in [3.8, 4) is 16.8 Å². The standard InChI is InChI=1S/C30H35N3O3/c1-4-9-25-13-5-6-17-32(25)29(34)24-12-7-10-22(18-24)23-11-8-14-26(19-23)33-28(21-15-16-21)27(20(2)31-33)30(35)36-3/h7-8,10-12,14,18-19,21,25H,4-6,9,13,15-17H2,1-3H3/t25-/m1/s1. The lowest BCUT2D eigenvalue weighted by Crippen LogP contribution is -2.43. The van der Waals surface area contributed by atoms with Gasteiger partial charge < -0.3 is 9.64 Å². The van der Waals surface area contributed by atoms with Gasteiger partial charge in [0.25, 0.3) is 5.91 Å². The predicted octanol–water partition coefficient (Wildman–Crippen LogP) is 6.31. The number of aromatic nitrogens is 2. The third-order valence-corrected chi connectivity index (χ3v) is 7.49. The normalized spacial score (nSPS) is 17.8. The zero-order chi connectivity index (χ0) is 25.2. The van der Waals surface area contributed by atoms with Crippen LogP contribution in [0.4, 0.5) is 0 Å². The van der Waals surface area contributed by atoms with Gasteiger partial charge in [-0.2, -0.15) is 5.10 Å².